The molecule has 3 fully saturated rings. The Kier molecular flexibility index (Phi) is 7.55. The van der Waals surface area contributed by atoms with Gasteiger partial charge >= 0.3 is 12.3 Å². The predicted octanol–water partition coefficient (Wildman–Crippen LogP) is 3.29. The zero-order chi connectivity index (χ0) is 29.6. The first-order valence-corrected chi connectivity index (χ1v) is 13.7. The van der Waals surface area contributed by atoms with Crippen LogP contribution in [0, 0.1) is 23.7 Å². The lowest BCUT2D eigenvalue weighted by molar-refractivity contribution is -0.175. The Morgan fingerprint density at radius 3 is 2.32 bits per heavy atom. The van der Waals surface area contributed by atoms with Crippen LogP contribution in [0.2, 0.25) is 0 Å². The maximum absolute atomic E-state index is 13.6. The van der Waals surface area contributed by atoms with E-state index in [1.807, 2.05) is 13.8 Å². The monoisotopic (exact) mass is 579 g/mol. The summed E-state index contributed by atoms with van der Waals surface area (Å²) >= 11 is 0. The molecule has 5 rings (SSSR count). The molecule has 3 aliphatic rings. The molecule has 3 atom stereocenters. The van der Waals surface area contributed by atoms with Crippen molar-refractivity contribution in [2.24, 2.45) is 23.7 Å². The van der Waals surface area contributed by atoms with E-state index >= 15 is 0 Å². The van der Waals surface area contributed by atoms with Gasteiger partial charge in [0.05, 0.1) is 24.3 Å². The number of rotatable bonds is 10. The average Bonchev–Trinajstić information content (AvgIpc) is 3.78. The van der Waals surface area contributed by atoms with E-state index in [0.29, 0.717) is 17.5 Å². The molecule has 41 heavy (non-hydrogen) atoms. The van der Waals surface area contributed by atoms with E-state index in [1.54, 1.807) is 10.7 Å². The third-order valence-corrected chi connectivity index (χ3v) is 7.98. The van der Waals surface area contributed by atoms with E-state index in [2.05, 4.69) is 20.8 Å². The van der Waals surface area contributed by atoms with Crippen molar-refractivity contribution in [1.29, 1.82) is 0 Å². The molecule has 1 aliphatic heterocycles. The van der Waals surface area contributed by atoms with E-state index in [9.17, 15) is 32.3 Å². The minimum atomic E-state index is -4.89. The second-order valence-corrected chi connectivity index (χ2v) is 11.4. The number of nitrogens with zero attached hydrogens (tertiary/aromatic N) is 5. The van der Waals surface area contributed by atoms with Gasteiger partial charge in [-0.1, -0.05) is 0 Å². The van der Waals surface area contributed by atoms with Gasteiger partial charge < -0.3 is 15.7 Å². The van der Waals surface area contributed by atoms with Gasteiger partial charge in [-0.2, -0.15) is 23.4 Å². The van der Waals surface area contributed by atoms with Crippen LogP contribution in [0.25, 0.3) is 0 Å². The molecular weight excluding hydrogens is 547 g/mol. The van der Waals surface area contributed by atoms with Gasteiger partial charge in [0.1, 0.15) is 17.8 Å². The number of imide groups is 1. The van der Waals surface area contributed by atoms with Crippen LogP contribution in [0.3, 0.4) is 0 Å². The summed E-state index contributed by atoms with van der Waals surface area (Å²) in [5, 5.41) is 23.1. The third-order valence-electron chi connectivity index (χ3n) is 7.98. The quantitative estimate of drug-likeness (QED) is 0.391. The van der Waals surface area contributed by atoms with E-state index in [0.717, 1.165) is 25.7 Å². The number of hydrogen-bond donors (Lipinski definition) is 3. The van der Waals surface area contributed by atoms with Crippen LogP contribution in [0.4, 0.5) is 23.7 Å². The average molecular weight is 580 g/mol. The standard InChI is InChI=1S/C26H32F3N7O5/c1-13(2)36-18(7-8-30-36)22(37)33-21(20(14-3-4-14)15-5-6-15)23(38)32-17-10-31-34(12-17)11-16-9-19(26(27,28)29)35(24(16)39)25(40)41/h7-8,10,12-16,19-21H,3-6,9,11H2,1-2H3,(H,32,38)(H,33,37)(H,40,41)/t16-,19+,21?/m0/s1. The van der Waals surface area contributed by atoms with Gasteiger partial charge in [0.25, 0.3) is 5.91 Å². The van der Waals surface area contributed by atoms with Gasteiger partial charge in [-0.3, -0.25) is 23.7 Å². The lowest BCUT2D eigenvalue weighted by atomic mass is 9.88. The van der Waals surface area contributed by atoms with Crippen molar-refractivity contribution >= 4 is 29.5 Å². The minimum absolute atomic E-state index is 0.0400. The molecule has 1 unspecified atom stereocenters. The highest BCUT2D eigenvalue weighted by Gasteiger charge is 2.55. The smallest absolute Gasteiger partial charge is 0.414 e. The van der Waals surface area contributed by atoms with Gasteiger partial charge in [-0.05, 0) is 69.8 Å². The Hall–Kier alpha value is -3.91. The van der Waals surface area contributed by atoms with Crippen molar-refractivity contribution in [2.75, 3.05) is 5.32 Å². The van der Waals surface area contributed by atoms with Crippen molar-refractivity contribution < 1.29 is 37.5 Å². The molecule has 0 radical (unpaired) electrons. The molecule has 2 aliphatic carbocycles. The van der Waals surface area contributed by atoms with Crippen molar-refractivity contribution in [3.05, 3.63) is 30.4 Å². The SMILES string of the molecule is CC(C)n1nccc1C(=O)NC(C(=O)Nc1cnn(C[C@@H]2C[C@H](C(F)(F)F)N(C(=O)O)C2=O)c1)C(C1CC1)C1CC1. The number of alkyl halides is 3. The van der Waals surface area contributed by atoms with Gasteiger partial charge in [0, 0.05) is 18.4 Å². The largest absolute Gasteiger partial charge is 0.465 e. The number of carbonyl (C=O) groups is 4. The minimum Gasteiger partial charge on any atom is -0.465 e. The van der Waals surface area contributed by atoms with Crippen LogP contribution in [0.5, 0.6) is 0 Å². The molecule has 2 saturated carbocycles. The van der Waals surface area contributed by atoms with E-state index < -0.39 is 54.4 Å². The molecular formula is C26H32F3N7O5. The number of halogens is 3. The molecule has 3 N–H and O–H groups in total. The molecule has 12 nitrogen and oxygen atoms in total. The third kappa shape index (κ3) is 6.07. The van der Waals surface area contributed by atoms with Crippen molar-refractivity contribution in [2.45, 2.75) is 76.8 Å². The number of likely N-dealkylation sites (tertiary alicyclic amines) is 1. The second kappa shape index (κ2) is 10.8. The van der Waals surface area contributed by atoms with Crippen LogP contribution in [0.15, 0.2) is 24.7 Å². The zero-order valence-electron chi connectivity index (χ0n) is 22.5. The van der Waals surface area contributed by atoms with Gasteiger partial charge in [0.15, 0.2) is 0 Å². The van der Waals surface area contributed by atoms with Crippen LogP contribution < -0.4 is 10.6 Å². The number of anilines is 1. The summed E-state index contributed by atoms with van der Waals surface area (Å²) in [7, 11) is 0. The first-order valence-electron chi connectivity index (χ1n) is 13.7. The van der Waals surface area contributed by atoms with Gasteiger partial charge in [0.2, 0.25) is 11.8 Å². The molecule has 2 aromatic rings. The fourth-order valence-corrected chi connectivity index (χ4v) is 5.81. The molecule has 0 aromatic carbocycles. The maximum atomic E-state index is 13.6. The first kappa shape index (κ1) is 28.6. The number of amides is 4. The van der Waals surface area contributed by atoms with E-state index in [4.69, 9.17) is 5.11 Å². The molecule has 1 saturated heterocycles. The highest BCUT2D eigenvalue weighted by molar-refractivity contribution is 6.00. The fourth-order valence-electron chi connectivity index (χ4n) is 5.81. The van der Waals surface area contributed by atoms with Gasteiger partial charge in [-0.25, -0.2) is 9.69 Å². The highest BCUT2D eigenvalue weighted by atomic mass is 19.4. The Morgan fingerprint density at radius 2 is 1.78 bits per heavy atom. The summed E-state index contributed by atoms with van der Waals surface area (Å²) in [6.45, 7) is 3.49. The summed E-state index contributed by atoms with van der Waals surface area (Å²) in [4.78, 5) is 50.4. The molecule has 15 heteroatoms. The first-order chi connectivity index (χ1) is 19.3. The van der Waals surface area contributed by atoms with Crippen molar-refractivity contribution in [3.8, 4) is 0 Å². The van der Waals surface area contributed by atoms with Crippen molar-refractivity contribution in [1.82, 2.24) is 29.8 Å². The zero-order valence-corrected chi connectivity index (χ0v) is 22.5. The highest BCUT2D eigenvalue weighted by Crippen LogP contribution is 2.51. The summed E-state index contributed by atoms with van der Waals surface area (Å²) < 4.78 is 42.8. The molecule has 4 amide bonds. The summed E-state index contributed by atoms with van der Waals surface area (Å²) in [6.07, 6.45) is 0.526. The Morgan fingerprint density at radius 1 is 1.12 bits per heavy atom. The van der Waals surface area contributed by atoms with Crippen LogP contribution in [-0.4, -0.2) is 71.6 Å². The molecule has 222 valence electrons. The summed E-state index contributed by atoms with van der Waals surface area (Å²) in [5.41, 5.74) is 0.574. The molecule has 0 bridgehead atoms. The number of carboxylic acid groups (broad SMARTS) is 1. The lowest BCUT2D eigenvalue weighted by Crippen LogP contribution is -2.50. The number of nitrogens with one attached hydrogen (secondary N) is 2. The van der Waals surface area contributed by atoms with Crippen molar-refractivity contribution in [3.63, 3.8) is 0 Å². The predicted molar refractivity (Wildman–Crippen MR) is 136 cm³/mol. The normalized spacial score (nSPS) is 21.9. The number of carbonyl (C=O) groups excluding carboxylic acids is 3. The van der Waals surface area contributed by atoms with Gasteiger partial charge in [-0.15, -0.1) is 0 Å². The van der Waals surface area contributed by atoms with E-state index in [1.165, 1.54) is 23.3 Å². The lowest BCUT2D eigenvalue weighted by Gasteiger charge is -2.27. The maximum Gasteiger partial charge on any atom is 0.414 e. The topological polar surface area (TPSA) is 151 Å². The second-order valence-electron chi connectivity index (χ2n) is 11.4. The molecule has 0 spiro atoms. The Bertz CT molecular complexity index is 1320. The Balaban J connectivity index is 1.29. The number of hydrogen-bond acceptors (Lipinski definition) is 6. The Labute approximate surface area is 233 Å². The van der Waals surface area contributed by atoms with E-state index in [-0.39, 0.29) is 29.1 Å². The molecule has 2 aromatic heterocycles. The van der Waals surface area contributed by atoms with Crippen LogP contribution >= 0.6 is 0 Å². The number of aromatic nitrogens is 4. The van der Waals surface area contributed by atoms with Crippen LogP contribution in [0.1, 0.15) is 62.5 Å². The van der Waals surface area contributed by atoms with Crippen LogP contribution in [-0.2, 0) is 16.1 Å². The summed E-state index contributed by atoms with van der Waals surface area (Å²) in [5.74, 6) is -2.66. The fraction of sp³-hybridized carbons (Fsp3) is 0.615. The molecule has 3 heterocycles. The summed E-state index contributed by atoms with van der Waals surface area (Å²) in [6, 6.07) is -1.72.